The number of anilines is 1. The molecule has 0 atom stereocenters. The average Bonchev–Trinajstić information content (AvgIpc) is 2.78. The number of methoxy groups -OCH3 is 1. The Bertz CT molecular complexity index is 1080. The first kappa shape index (κ1) is 19.6. The molecular formula is C22H23N5O3. The summed E-state index contributed by atoms with van der Waals surface area (Å²) < 4.78 is 5.47. The van der Waals surface area contributed by atoms with Crippen LogP contribution in [0.2, 0.25) is 0 Å². The van der Waals surface area contributed by atoms with Crippen molar-refractivity contribution in [2.75, 3.05) is 38.2 Å². The Labute approximate surface area is 174 Å². The summed E-state index contributed by atoms with van der Waals surface area (Å²) >= 11 is 0. The van der Waals surface area contributed by atoms with E-state index in [4.69, 9.17) is 10.5 Å². The zero-order valence-corrected chi connectivity index (χ0v) is 16.7. The highest BCUT2D eigenvalue weighted by Gasteiger charge is 2.26. The van der Waals surface area contributed by atoms with E-state index >= 15 is 0 Å². The van der Waals surface area contributed by atoms with E-state index in [-0.39, 0.29) is 17.9 Å². The van der Waals surface area contributed by atoms with Crippen LogP contribution in [0.5, 0.6) is 5.75 Å². The number of carbonyl (C=O) groups is 2. The zero-order chi connectivity index (χ0) is 21.1. The Hall–Kier alpha value is -3.68. The SMILES string of the molecule is COc1c(C(N)=O)c(CC(=O)N2CCN(c3ccccn3)CC2)nc2ccccc12. The number of carbonyl (C=O) groups excluding carboxylic acids is 2. The topological polar surface area (TPSA) is 102 Å². The lowest BCUT2D eigenvalue weighted by Crippen LogP contribution is -2.49. The number of fused-ring (bicyclic) bond motifs is 1. The maximum atomic E-state index is 13.0. The lowest BCUT2D eigenvalue weighted by Gasteiger charge is -2.35. The molecule has 2 aromatic heterocycles. The van der Waals surface area contributed by atoms with Crippen molar-refractivity contribution in [1.82, 2.24) is 14.9 Å². The van der Waals surface area contributed by atoms with Crippen molar-refractivity contribution < 1.29 is 14.3 Å². The maximum Gasteiger partial charge on any atom is 0.254 e. The summed E-state index contributed by atoms with van der Waals surface area (Å²) in [7, 11) is 1.48. The van der Waals surface area contributed by atoms with Crippen LogP contribution in [0, 0.1) is 0 Å². The molecule has 1 fully saturated rings. The summed E-state index contributed by atoms with van der Waals surface area (Å²) in [5, 5.41) is 0.689. The average molecular weight is 405 g/mol. The molecule has 3 aromatic rings. The van der Waals surface area contributed by atoms with Crippen LogP contribution in [0.15, 0.2) is 48.7 Å². The van der Waals surface area contributed by atoms with Crippen molar-refractivity contribution in [1.29, 1.82) is 0 Å². The smallest absolute Gasteiger partial charge is 0.254 e. The summed E-state index contributed by atoms with van der Waals surface area (Å²) in [6.45, 7) is 2.54. The Morgan fingerprint density at radius 2 is 1.80 bits per heavy atom. The molecule has 1 aliphatic heterocycles. The molecule has 2 N–H and O–H groups in total. The molecule has 1 saturated heterocycles. The van der Waals surface area contributed by atoms with Gasteiger partial charge < -0.3 is 20.3 Å². The van der Waals surface area contributed by atoms with Gasteiger partial charge in [0.05, 0.1) is 24.7 Å². The number of rotatable bonds is 5. The van der Waals surface area contributed by atoms with E-state index in [9.17, 15) is 9.59 Å². The fourth-order valence-electron chi connectivity index (χ4n) is 3.81. The van der Waals surface area contributed by atoms with E-state index in [0.717, 1.165) is 5.82 Å². The lowest BCUT2D eigenvalue weighted by molar-refractivity contribution is -0.130. The molecule has 1 aromatic carbocycles. The minimum atomic E-state index is -0.659. The number of primary amides is 1. The fourth-order valence-corrected chi connectivity index (χ4v) is 3.81. The van der Waals surface area contributed by atoms with E-state index in [1.807, 2.05) is 42.5 Å². The van der Waals surface area contributed by atoms with Crippen LogP contribution in [0.4, 0.5) is 5.82 Å². The highest BCUT2D eigenvalue weighted by atomic mass is 16.5. The van der Waals surface area contributed by atoms with Crippen molar-refractivity contribution in [3.05, 3.63) is 59.9 Å². The largest absolute Gasteiger partial charge is 0.495 e. The molecule has 0 radical (unpaired) electrons. The van der Waals surface area contributed by atoms with Gasteiger partial charge in [-0.05, 0) is 24.3 Å². The summed E-state index contributed by atoms with van der Waals surface area (Å²) in [5.41, 5.74) is 6.78. The van der Waals surface area contributed by atoms with Gasteiger partial charge in [-0.1, -0.05) is 18.2 Å². The van der Waals surface area contributed by atoms with Gasteiger partial charge >= 0.3 is 0 Å². The quantitative estimate of drug-likeness (QED) is 0.692. The van der Waals surface area contributed by atoms with Gasteiger partial charge in [-0.25, -0.2) is 4.98 Å². The molecule has 0 aliphatic carbocycles. The highest BCUT2D eigenvalue weighted by molar-refractivity contribution is 6.03. The Morgan fingerprint density at radius 3 is 2.47 bits per heavy atom. The Kier molecular flexibility index (Phi) is 5.47. The normalized spacial score (nSPS) is 14.0. The molecule has 0 bridgehead atoms. The third-order valence-corrected chi connectivity index (χ3v) is 5.29. The van der Waals surface area contributed by atoms with E-state index in [0.29, 0.717) is 48.5 Å². The number of pyridine rings is 2. The minimum Gasteiger partial charge on any atom is -0.495 e. The first-order valence-corrected chi connectivity index (χ1v) is 9.77. The van der Waals surface area contributed by atoms with Crippen LogP contribution in [0.3, 0.4) is 0 Å². The number of benzene rings is 1. The Balaban J connectivity index is 1.55. The van der Waals surface area contributed by atoms with E-state index < -0.39 is 5.91 Å². The number of aromatic nitrogens is 2. The van der Waals surface area contributed by atoms with Gasteiger partial charge in [0.25, 0.3) is 5.91 Å². The summed E-state index contributed by atoms with van der Waals surface area (Å²) in [5.74, 6) is 0.508. The summed E-state index contributed by atoms with van der Waals surface area (Å²) in [6, 6.07) is 13.1. The number of nitrogens with zero attached hydrogens (tertiary/aromatic N) is 4. The third-order valence-electron chi connectivity index (χ3n) is 5.29. The predicted octanol–water partition coefficient (Wildman–Crippen LogP) is 1.63. The van der Waals surface area contributed by atoms with Crippen molar-refractivity contribution >= 4 is 28.5 Å². The zero-order valence-electron chi connectivity index (χ0n) is 16.7. The van der Waals surface area contributed by atoms with Gasteiger partial charge in [-0.3, -0.25) is 14.6 Å². The van der Waals surface area contributed by atoms with Crippen LogP contribution in [-0.4, -0.2) is 60.0 Å². The molecular weight excluding hydrogens is 382 g/mol. The highest BCUT2D eigenvalue weighted by Crippen LogP contribution is 2.31. The predicted molar refractivity (Wildman–Crippen MR) is 114 cm³/mol. The van der Waals surface area contributed by atoms with Crippen molar-refractivity contribution in [3.63, 3.8) is 0 Å². The number of piperazine rings is 1. The maximum absolute atomic E-state index is 13.0. The number of amides is 2. The van der Waals surface area contributed by atoms with Gasteiger partial charge in [-0.15, -0.1) is 0 Å². The van der Waals surface area contributed by atoms with Crippen LogP contribution in [0.1, 0.15) is 16.1 Å². The molecule has 8 heteroatoms. The standard InChI is InChI=1S/C22H23N5O3/c1-30-21-15-6-2-3-7-16(15)25-17(20(21)22(23)29)14-19(28)27-12-10-26(11-13-27)18-8-4-5-9-24-18/h2-9H,10-14H2,1H3,(H2,23,29). The first-order valence-electron chi connectivity index (χ1n) is 9.77. The third kappa shape index (κ3) is 3.76. The van der Waals surface area contributed by atoms with Crippen LogP contribution < -0.4 is 15.4 Å². The number of para-hydroxylation sites is 1. The van der Waals surface area contributed by atoms with Crippen molar-refractivity contribution in [2.45, 2.75) is 6.42 Å². The summed E-state index contributed by atoms with van der Waals surface area (Å²) in [4.78, 5) is 38.0. The van der Waals surface area contributed by atoms with Crippen LogP contribution >= 0.6 is 0 Å². The summed E-state index contributed by atoms with van der Waals surface area (Å²) in [6.07, 6.45) is 1.75. The number of nitrogens with two attached hydrogens (primary N) is 1. The van der Waals surface area contributed by atoms with Crippen molar-refractivity contribution in [3.8, 4) is 5.75 Å². The van der Waals surface area contributed by atoms with E-state index in [1.54, 1.807) is 11.1 Å². The van der Waals surface area contributed by atoms with E-state index in [2.05, 4.69) is 14.9 Å². The molecule has 2 amide bonds. The molecule has 3 heterocycles. The molecule has 4 rings (SSSR count). The number of ether oxygens (including phenoxy) is 1. The molecule has 154 valence electrons. The molecule has 0 unspecified atom stereocenters. The van der Waals surface area contributed by atoms with E-state index in [1.165, 1.54) is 7.11 Å². The number of hydrogen-bond donors (Lipinski definition) is 1. The van der Waals surface area contributed by atoms with Gasteiger partial charge in [0.1, 0.15) is 17.1 Å². The molecule has 0 saturated carbocycles. The molecule has 1 aliphatic rings. The monoisotopic (exact) mass is 405 g/mol. The fraction of sp³-hybridized carbons (Fsp3) is 0.273. The van der Waals surface area contributed by atoms with Gasteiger partial charge in [-0.2, -0.15) is 0 Å². The molecule has 30 heavy (non-hydrogen) atoms. The molecule has 8 nitrogen and oxygen atoms in total. The van der Waals surface area contributed by atoms with Gasteiger partial charge in [0.2, 0.25) is 5.91 Å². The number of hydrogen-bond acceptors (Lipinski definition) is 6. The second kappa shape index (κ2) is 8.36. The van der Waals surface area contributed by atoms with Crippen LogP contribution in [-0.2, 0) is 11.2 Å². The minimum absolute atomic E-state index is 0.0109. The molecule has 0 spiro atoms. The Morgan fingerprint density at radius 1 is 1.07 bits per heavy atom. The lowest BCUT2D eigenvalue weighted by atomic mass is 10.0. The van der Waals surface area contributed by atoms with Crippen LogP contribution in [0.25, 0.3) is 10.9 Å². The van der Waals surface area contributed by atoms with Gasteiger partial charge in [0.15, 0.2) is 0 Å². The van der Waals surface area contributed by atoms with Crippen molar-refractivity contribution in [2.24, 2.45) is 5.73 Å². The first-order chi connectivity index (χ1) is 14.6. The van der Waals surface area contributed by atoms with Gasteiger partial charge in [0, 0.05) is 37.8 Å². The second-order valence-electron chi connectivity index (χ2n) is 7.08. The second-order valence-corrected chi connectivity index (χ2v) is 7.08.